The predicted octanol–water partition coefficient (Wildman–Crippen LogP) is 1.26. The number of likely N-dealkylation sites (N-methyl/N-ethyl adjacent to an activating group) is 1. The molecule has 0 spiro atoms. The molecule has 1 amide bonds. The Bertz CT molecular complexity index is 458. The molecule has 1 aromatic rings. The van der Waals surface area contributed by atoms with E-state index in [1.54, 1.807) is 32.0 Å². The summed E-state index contributed by atoms with van der Waals surface area (Å²) in [5, 5.41) is 2.58. The van der Waals surface area contributed by atoms with E-state index in [1.165, 1.54) is 6.92 Å². The SMILES string of the molecule is CCNC(=O)[C@@H](C)OC(=O)c1cccc(C)c1N. The summed E-state index contributed by atoms with van der Waals surface area (Å²) in [6, 6.07) is 5.10. The monoisotopic (exact) mass is 250 g/mol. The summed E-state index contributed by atoms with van der Waals surface area (Å²) in [5.74, 6) is -0.910. The molecule has 0 aliphatic carbocycles. The first-order valence-corrected chi connectivity index (χ1v) is 5.81. The molecule has 0 saturated carbocycles. The number of anilines is 1. The summed E-state index contributed by atoms with van der Waals surface area (Å²) in [6.07, 6.45) is -0.836. The van der Waals surface area contributed by atoms with E-state index in [2.05, 4.69) is 5.32 Å². The lowest BCUT2D eigenvalue weighted by Gasteiger charge is -2.14. The zero-order chi connectivity index (χ0) is 13.7. The molecule has 0 heterocycles. The molecule has 1 aromatic carbocycles. The van der Waals surface area contributed by atoms with Gasteiger partial charge in [-0.05, 0) is 32.4 Å². The molecule has 0 radical (unpaired) electrons. The third-order valence-corrected chi connectivity index (χ3v) is 2.55. The van der Waals surface area contributed by atoms with Crippen LogP contribution >= 0.6 is 0 Å². The van der Waals surface area contributed by atoms with Crippen LogP contribution in [0.15, 0.2) is 18.2 Å². The largest absolute Gasteiger partial charge is 0.449 e. The van der Waals surface area contributed by atoms with Gasteiger partial charge in [-0.15, -0.1) is 0 Å². The number of benzene rings is 1. The first kappa shape index (κ1) is 14.0. The Morgan fingerprint density at radius 3 is 2.72 bits per heavy atom. The Hall–Kier alpha value is -2.04. The van der Waals surface area contributed by atoms with Crippen LogP contribution in [0.3, 0.4) is 0 Å². The zero-order valence-corrected chi connectivity index (χ0v) is 10.8. The average molecular weight is 250 g/mol. The van der Waals surface area contributed by atoms with Gasteiger partial charge in [0.2, 0.25) is 0 Å². The second kappa shape index (κ2) is 6.05. The van der Waals surface area contributed by atoms with Crippen molar-refractivity contribution in [1.82, 2.24) is 5.32 Å². The van der Waals surface area contributed by atoms with Crippen molar-refractivity contribution in [3.8, 4) is 0 Å². The quantitative estimate of drug-likeness (QED) is 0.622. The van der Waals surface area contributed by atoms with Gasteiger partial charge < -0.3 is 15.8 Å². The van der Waals surface area contributed by atoms with Gasteiger partial charge in [-0.3, -0.25) is 4.79 Å². The number of carbonyl (C=O) groups excluding carboxylic acids is 2. The number of para-hydroxylation sites is 1. The Morgan fingerprint density at radius 2 is 2.11 bits per heavy atom. The van der Waals surface area contributed by atoms with Crippen molar-refractivity contribution in [2.24, 2.45) is 0 Å². The second-order valence-electron chi connectivity index (χ2n) is 3.98. The number of ether oxygens (including phenoxy) is 1. The van der Waals surface area contributed by atoms with Gasteiger partial charge in [0.1, 0.15) is 0 Å². The van der Waals surface area contributed by atoms with Gasteiger partial charge in [-0.25, -0.2) is 4.79 Å². The summed E-state index contributed by atoms with van der Waals surface area (Å²) < 4.78 is 5.06. The maximum absolute atomic E-state index is 11.9. The predicted molar refractivity (Wildman–Crippen MR) is 69.2 cm³/mol. The smallest absolute Gasteiger partial charge is 0.341 e. The van der Waals surface area contributed by atoms with E-state index in [9.17, 15) is 9.59 Å². The van der Waals surface area contributed by atoms with Crippen LogP contribution in [0.2, 0.25) is 0 Å². The van der Waals surface area contributed by atoms with E-state index < -0.39 is 12.1 Å². The van der Waals surface area contributed by atoms with E-state index in [0.29, 0.717) is 12.2 Å². The molecule has 3 N–H and O–H groups in total. The number of rotatable bonds is 4. The third kappa shape index (κ3) is 3.23. The van der Waals surface area contributed by atoms with Crippen molar-refractivity contribution in [1.29, 1.82) is 0 Å². The first-order valence-electron chi connectivity index (χ1n) is 5.81. The highest BCUT2D eigenvalue weighted by Crippen LogP contribution is 2.17. The van der Waals surface area contributed by atoms with Gasteiger partial charge >= 0.3 is 5.97 Å². The highest BCUT2D eigenvalue weighted by atomic mass is 16.5. The zero-order valence-electron chi connectivity index (χ0n) is 10.8. The van der Waals surface area contributed by atoms with Crippen LogP contribution in [0.5, 0.6) is 0 Å². The van der Waals surface area contributed by atoms with Crippen molar-refractivity contribution < 1.29 is 14.3 Å². The van der Waals surface area contributed by atoms with Crippen molar-refractivity contribution in [3.05, 3.63) is 29.3 Å². The van der Waals surface area contributed by atoms with Gasteiger partial charge in [0.25, 0.3) is 5.91 Å². The standard InChI is InChI=1S/C13H18N2O3/c1-4-15-12(16)9(3)18-13(17)10-7-5-6-8(2)11(10)14/h5-7,9H,4,14H2,1-3H3,(H,15,16)/t9-/m1/s1. The minimum Gasteiger partial charge on any atom is -0.449 e. The van der Waals surface area contributed by atoms with Crippen LogP contribution in [-0.2, 0) is 9.53 Å². The molecule has 0 aliphatic rings. The number of nitrogens with two attached hydrogens (primary N) is 1. The number of nitrogen functional groups attached to an aromatic ring is 1. The van der Waals surface area contributed by atoms with Gasteiger partial charge in [-0.1, -0.05) is 12.1 Å². The van der Waals surface area contributed by atoms with Gasteiger partial charge in [0.15, 0.2) is 6.10 Å². The van der Waals surface area contributed by atoms with Crippen LogP contribution in [0.4, 0.5) is 5.69 Å². The highest BCUT2D eigenvalue weighted by molar-refractivity contribution is 5.97. The molecule has 1 atom stereocenters. The van der Waals surface area contributed by atoms with Crippen LogP contribution in [0.25, 0.3) is 0 Å². The molecule has 98 valence electrons. The first-order chi connectivity index (χ1) is 8.47. The maximum atomic E-state index is 11.9. The summed E-state index contributed by atoms with van der Waals surface area (Å²) in [5.41, 5.74) is 7.26. The molecular weight excluding hydrogens is 232 g/mol. The summed E-state index contributed by atoms with van der Waals surface area (Å²) in [7, 11) is 0. The topological polar surface area (TPSA) is 81.4 Å². The van der Waals surface area contributed by atoms with Gasteiger partial charge in [0.05, 0.1) is 5.56 Å². The van der Waals surface area contributed by atoms with E-state index in [-0.39, 0.29) is 11.5 Å². The van der Waals surface area contributed by atoms with E-state index in [0.717, 1.165) is 5.56 Å². The fourth-order valence-electron chi connectivity index (χ4n) is 1.45. The van der Waals surface area contributed by atoms with Crippen LogP contribution < -0.4 is 11.1 Å². The van der Waals surface area contributed by atoms with E-state index in [1.807, 2.05) is 0 Å². The molecule has 5 heteroatoms. The molecule has 0 bridgehead atoms. The molecular formula is C13H18N2O3. The summed E-state index contributed by atoms with van der Waals surface area (Å²) in [4.78, 5) is 23.3. The third-order valence-electron chi connectivity index (χ3n) is 2.55. The average Bonchev–Trinajstić information content (AvgIpc) is 2.32. The summed E-state index contributed by atoms with van der Waals surface area (Å²) >= 11 is 0. The number of nitrogens with one attached hydrogen (secondary N) is 1. The number of hydrogen-bond acceptors (Lipinski definition) is 4. The maximum Gasteiger partial charge on any atom is 0.341 e. The molecule has 0 aromatic heterocycles. The molecule has 0 unspecified atom stereocenters. The van der Waals surface area contributed by atoms with Gasteiger partial charge in [-0.2, -0.15) is 0 Å². The van der Waals surface area contributed by atoms with Crippen molar-refractivity contribution in [2.75, 3.05) is 12.3 Å². The lowest BCUT2D eigenvalue weighted by atomic mass is 10.1. The van der Waals surface area contributed by atoms with E-state index in [4.69, 9.17) is 10.5 Å². The minimum atomic E-state index is -0.836. The molecule has 1 rings (SSSR count). The molecule has 18 heavy (non-hydrogen) atoms. The van der Waals surface area contributed by atoms with Crippen LogP contribution in [-0.4, -0.2) is 24.5 Å². The van der Waals surface area contributed by atoms with Crippen molar-refractivity contribution in [2.45, 2.75) is 26.9 Å². The lowest BCUT2D eigenvalue weighted by molar-refractivity contribution is -0.128. The number of aryl methyl sites for hydroxylation is 1. The molecule has 0 saturated heterocycles. The number of carbonyl (C=O) groups is 2. The van der Waals surface area contributed by atoms with Crippen LogP contribution in [0.1, 0.15) is 29.8 Å². The normalized spacial score (nSPS) is 11.7. The lowest BCUT2D eigenvalue weighted by Crippen LogP contribution is -2.35. The summed E-state index contributed by atoms with van der Waals surface area (Å²) in [6.45, 7) is 5.62. The molecule has 5 nitrogen and oxygen atoms in total. The van der Waals surface area contributed by atoms with Crippen molar-refractivity contribution in [3.63, 3.8) is 0 Å². The van der Waals surface area contributed by atoms with Crippen LogP contribution in [0, 0.1) is 6.92 Å². The number of esters is 1. The Morgan fingerprint density at radius 1 is 1.44 bits per heavy atom. The second-order valence-corrected chi connectivity index (χ2v) is 3.98. The van der Waals surface area contributed by atoms with Gasteiger partial charge in [0, 0.05) is 12.2 Å². The number of amides is 1. The highest BCUT2D eigenvalue weighted by Gasteiger charge is 2.19. The minimum absolute atomic E-state index is 0.283. The fraction of sp³-hybridized carbons (Fsp3) is 0.385. The Balaban J connectivity index is 2.77. The number of hydrogen-bond donors (Lipinski definition) is 2. The molecule has 0 aliphatic heterocycles. The van der Waals surface area contributed by atoms with E-state index >= 15 is 0 Å². The fourth-order valence-corrected chi connectivity index (χ4v) is 1.45. The Labute approximate surface area is 106 Å². The Kier molecular flexibility index (Phi) is 4.71. The molecule has 0 fully saturated rings. The van der Waals surface area contributed by atoms with Crippen molar-refractivity contribution >= 4 is 17.6 Å².